The molecule has 25 heavy (non-hydrogen) atoms. The Hall–Kier alpha value is -1.30. The van der Waals surface area contributed by atoms with Gasteiger partial charge in [0.05, 0.1) is 19.8 Å². The lowest BCUT2D eigenvalue weighted by Crippen LogP contribution is -2.41. The highest BCUT2D eigenvalue weighted by Crippen LogP contribution is 2.24. The van der Waals surface area contributed by atoms with E-state index in [9.17, 15) is 17.6 Å². The van der Waals surface area contributed by atoms with Crippen molar-refractivity contribution in [2.75, 3.05) is 45.3 Å². The number of anilines is 1. The predicted octanol–water partition coefficient (Wildman–Crippen LogP) is 0.181. The third-order valence-electron chi connectivity index (χ3n) is 3.47. The smallest absolute Gasteiger partial charge is 0.246 e. The molecular formula is C14H21ClFN3O5S. The Bertz CT molecular complexity index is 698. The number of halogens is 2. The Balaban J connectivity index is 0.00000312. The molecular weight excluding hydrogens is 377 g/mol. The molecule has 2 rings (SSSR count). The number of sulfonamides is 1. The van der Waals surface area contributed by atoms with Crippen molar-refractivity contribution in [3.63, 3.8) is 0 Å². The average Bonchev–Trinajstić information content (AvgIpc) is 2.57. The van der Waals surface area contributed by atoms with E-state index in [2.05, 4.69) is 5.32 Å². The zero-order chi connectivity index (χ0) is 17.7. The fourth-order valence-electron chi connectivity index (χ4n) is 2.20. The van der Waals surface area contributed by atoms with E-state index in [0.29, 0.717) is 0 Å². The summed E-state index contributed by atoms with van der Waals surface area (Å²) in [5, 5.41) is 2.45. The van der Waals surface area contributed by atoms with Crippen molar-refractivity contribution in [2.24, 2.45) is 5.73 Å². The lowest BCUT2D eigenvalue weighted by Gasteiger charge is -2.26. The van der Waals surface area contributed by atoms with Gasteiger partial charge in [-0.05, 0) is 18.2 Å². The van der Waals surface area contributed by atoms with E-state index in [1.54, 1.807) is 0 Å². The number of nitrogens with two attached hydrogens (primary N) is 1. The first-order chi connectivity index (χ1) is 11.4. The molecule has 0 saturated carbocycles. The van der Waals surface area contributed by atoms with E-state index in [-0.39, 0.29) is 51.0 Å². The van der Waals surface area contributed by atoms with Crippen LogP contribution in [0, 0.1) is 5.82 Å². The molecule has 0 aromatic heterocycles. The summed E-state index contributed by atoms with van der Waals surface area (Å²) in [6.45, 7) is 0.812. The normalized spacial score (nSPS) is 16.8. The molecule has 1 fully saturated rings. The quantitative estimate of drug-likeness (QED) is 0.708. The molecule has 0 aliphatic carbocycles. The van der Waals surface area contributed by atoms with Crippen molar-refractivity contribution in [1.29, 1.82) is 0 Å². The van der Waals surface area contributed by atoms with Crippen LogP contribution < -0.4 is 11.1 Å². The summed E-state index contributed by atoms with van der Waals surface area (Å²) in [6, 6.07) is 2.42. The molecule has 1 heterocycles. The lowest BCUT2D eigenvalue weighted by molar-refractivity contribution is -0.118. The molecule has 0 spiro atoms. The van der Waals surface area contributed by atoms with Crippen molar-refractivity contribution in [3.05, 3.63) is 24.0 Å². The number of carbonyl (C=O) groups is 1. The summed E-state index contributed by atoms with van der Waals surface area (Å²) in [4.78, 5) is 11.4. The Labute approximate surface area is 151 Å². The number of ether oxygens (including phenoxy) is 2. The van der Waals surface area contributed by atoms with Gasteiger partial charge in [0.25, 0.3) is 0 Å². The molecule has 1 amide bonds. The Morgan fingerprint density at radius 3 is 2.68 bits per heavy atom. The van der Waals surface area contributed by atoms with Crippen LogP contribution in [-0.2, 0) is 24.3 Å². The van der Waals surface area contributed by atoms with Crippen molar-refractivity contribution in [2.45, 2.75) is 10.9 Å². The van der Waals surface area contributed by atoms with Gasteiger partial charge in [0.15, 0.2) is 0 Å². The molecule has 1 aromatic carbocycles. The second-order valence-electron chi connectivity index (χ2n) is 5.21. The number of morpholine rings is 1. The molecule has 1 saturated heterocycles. The van der Waals surface area contributed by atoms with Crippen LogP contribution in [0.3, 0.4) is 0 Å². The molecule has 1 aromatic rings. The topological polar surface area (TPSA) is 111 Å². The first-order valence-corrected chi connectivity index (χ1v) is 8.73. The van der Waals surface area contributed by atoms with Gasteiger partial charge in [-0.15, -0.1) is 12.4 Å². The number of nitrogens with zero attached hydrogens (tertiary/aromatic N) is 1. The largest absolute Gasteiger partial charge is 0.383 e. The zero-order valence-corrected chi connectivity index (χ0v) is 15.2. The van der Waals surface area contributed by atoms with Crippen LogP contribution >= 0.6 is 12.4 Å². The van der Waals surface area contributed by atoms with Gasteiger partial charge in [-0.2, -0.15) is 4.31 Å². The molecule has 8 nitrogen and oxygen atoms in total. The molecule has 142 valence electrons. The number of hydrogen-bond acceptors (Lipinski definition) is 6. The minimum atomic E-state index is -4.01. The van der Waals surface area contributed by atoms with Gasteiger partial charge < -0.3 is 20.5 Å². The average molecular weight is 398 g/mol. The van der Waals surface area contributed by atoms with Crippen molar-refractivity contribution in [3.8, 4) is 0 Å². The number of hydrogen-bond donors (Lipinski definition) is 2. The minimum Gasteiger partial charge on any atom is -0.383 e. The van der Waals surface area contributed by atoms with E-state index in [4.69, 9.17) is 15.2 Å². The highest BCUT2D eigenvalue weighted by Gasteiger charge is 2.29. The third kappa shape index (κ3) is 5.33. The van der Waals surface area contributed by atoms with Crippen LogP contribution in [0.2, 0.25) is 0 Å². The first-order valence-electron chi connectivity index (χ1n) is 7.29. The van der Waals surface area contributed by atoms with Gasteiger partial charge in [-0.1, -0.05) is 0 Å². The maximum absolute atomic E-state index is 14.0. The predicted molar refractivity (Wildman–Crippen MR) is 91.7 cm³/mol. The number of amides is 1. The van der Waals surface area contributed by atoms with Crippen LogP contribution in [0.15, 0.2) is 23.1 Å². The number of rotatable bonds is 6. The Morgan fingerprint density at radius 2 is 2.08 bits per heavy atom. The van der Waals surface area contributed by atoms with Gasteiger partial charge in [-0.3, -0.25) is 4.79 Å². The zero-order valence-electron chi connectivity index (χ0n) is 13.6. The van der Waals surface area contributed by atoms with Gasteiger partial charge in [-0.25, -0.2) is 12.8 Å². The standard InChI is InChI=1S/C14H20FN3O5S.ClH/c1-22-9-12(16)14(19)17-10-2-3-11(15)13(8-10)24(20,21)18-4-6-23-7-5-18;/h2-3,8,12H,4-7,9,16H2,1H3,(H,17,19);1H. The van der Waals surface area contributed by atoms with E-state index >= 15 is 0 Å². The van der Waals surface area contributed by atoms with Gasteiger partial charge >= 0.3 is 0 Å². The highest BCUT2D eigenvalue weighted by atomic mass is 35.5. The molecule has 1 unspecified atom stereocenters. The number of methoxy groups -OCH3 is 1. The van der Waals surface area contributed by atoms with Crippen LogP contribution in [0.5, 0.6) is 0 Å². The van der Waals surface area contributed by atoms with Crippen molar-refractivity contribution in [1.82, 2.24) is 4.31 Å². The summed E-state index contributed by atoms with van der Waals surface area (Å²) >= 11 is 0. The molecule has 1 aliphatic rings. The van der Waals surface area contributed by atoms with Crippen molar-refractivity contribution < 1.29 is 27.1 Å². The van der Waals surface area contributed by atoms with Gasteiger partial charge in [0.2, 0.25) is 15.9 Å². The van der Waals surface area contributed by atoms with Gasteiger partial charge in [0, 0.05) is 25.9 Å². The minimum absolute atomic E-state index is 0. The molecule has 0 radical (unpaired) electrons. The molecule has 1 aliphatic heterocycles. The van der Waals surface area contributed by atoms with Crippen LogP contribution in [-0.4, -0.2) is 64.7 Å². The Morgan fingerprint density at radius 1 is 1.44 bits per heavy atom. The lowest BCUT2D eigenvalue weighted by atomic mass is 10.2. The maximum Gasteiger partial charge on any atom is 0.246 e. The number of carbonyl (C=O) groups excluding carboxylic acids is 1. The van der Waals surface area contributed by atoms with E-state index in [1.165, 1.54) is 13.2 Å². The maximum atomic E-state index is 14.0. The molecule has 1 atom stereocenters. The highest BCUT2D eigenvalue weighted by molar-refractivity contribution is 7.89. The summed E-state index contributed by atoms with van der Waals surface area (Å²) < 4.78 is 50.2. The SMILES string of the molecule is COCC(N)C(=O)Nc1ccc(F)c(S(=O)(=O)N2CCOCC2)c1.Cl. The molecule has 11 heteroatoms. The van der Waals surface area contributed by atoms with Crippen LogP contribution in [0.1, 0.15) is 0 Å². The number of benzene rings is 1. The van der Waals surface area contributed by atoms with Gasteiger partial charge in [0.1, 0.15) is 16.8 Å². The second-order valence-corrected chi connectivity index (χ2v) is 7.12. The third-order valence-corrected chi connectivity index (χ3v) is 5.38. The van der Waals surface area contributed by atoms with E-state index in [1.807, 2.05) is 0 Å². The molecule has 3 N–H and O–H groups in total. The Kier molecular flexibility index (Phi) is 8.19. The summed E-state index contributed by atoms with van der Waals surface area (Å²) in [5.74, 6) is -1.45. The van der Waals surface area contributed by atoms with E-state index in [0.717, 1.165) is 16.4 Å². The van der Waals surface area contributed by atoms with Crippen LogP contribution in [0.4, 0.5) is 10.1 Å². The fraction of sp³-hybridized carbons (Fsp3) is 0.500. The first kappa shape index (κ1) is 21.7. The second kappa shape index (κ2) is 9.41. The summed E-state index contributed by atoms with van der Waals surface area (Å²) in [7, 11) is -2.61. The monoisotopic (exact) mass is 397 g/mol. The fourth-order valence-corrected chi connectivity index (χ4v) is 3.69. The van der Waals surface area contributed by atoms with E-state index < -0.39 is 32.7 Å². The summed E-state index contributed by atoms with van der Waals surface area (Å²) in [6.07, 6.45) is 0. The molecule has 0 bridgehead atoms. The number of nitrogens with one attached hydrogen (secondary N) is 1. The van der Waals surface area contributed by atoms with Crippen LogP contribution in [0.25, 0.3) is 0 Å². The van der Waals surface area contributed by atoms with Crippen molar-refractivity contribution >= 4 is 34.0 Å². The summed E-state index contributed by atoms with van der Waals surface area (Å²) in [5.41, 5.74) is 5.73.